The molecule has 0 aromatic heterocycles. The highest BCUT2D eigenvalue weighted by atomic mass is 79.9. The normalized spacial score (nSPS) is 11.8. The van der Waals surface area contributed by atoms with E-state index in [1.807, 2.05) is 61.5 Å². The van der Waals surface area contributed by atoms with Crippen LogP contribution in [0.1, 0.15) is 16.7 Å². The highest BCUT2D eigenvalue weighted by Gasteiger charge is 2.34. The van der Waals surface area contributed by atoms with Crippen molar-refractivity contribution < 1.29 is 27.5 Å². The van der Waals surface area contributed by atoms with Gasteiger partial charge in [-0.1, -0.05) is 76.1 Å². The van der Waals surface area contributed by atoms with Gasteiger partial charge in [0.1, 0.15) is 12.6 Å². The lowest BCUT2D eigenvalue weighted by Gasteiger charge is -2.33. The second-order valence-corrected chi connectivity index (χ2v) is 13.1. The van der Waals surface area contributed by atoms with Gasteiger partial charge in [-0.3, -0.25) is 13.9 Å². The standard InChI is InChI=1S/C34H36BrN3O6S/c1-24-10-17-29(18-11-24)45(41,42)38(28-16-19-31(43-3)32(21-28)44-4)23-33(39)37(22-26-12-14-27(35)15-13-26)30(34(40)36-2)20-25-8-6-5-7-9-25/h5-19,21,30H,20,22-23H2,1-4H3,(H,36,40)/t30-/m0/s1. The molecule has 0 unspecified atom stereocenters. The second-order valence-electron chi connectivity index (χ2n) is 10.3. The van der Waals surface area contributed by atoms with Crippen molar-refractivity contribution in [3.8, 4) is 11.5 Å². The van der Waals surface area contributed by atoms with Gasteiger partial charge in [0, 0.05) is 30.6 Å². The van der Waals surface area contributed by atoms with Crippen molar-refractivity contribution in [2.45, 2.75) is 30.8 Å². The SMILES string of the molecule is CNC(=O)[C@H](Cc1ccccc1)N(Cc1ccc(Br)cc1)C(=O)CN(c1ccc(OC)c(OC)c1)S(=O)(=O)c1ccc(C)cc1. The number of nitrogens with one attached hydrogen (secondary N) is 1. The second kappa shape index (κ2) is 15.1. The van der Waals surface area contributed by atoms with Gasteiger partial charge in [0.05, 0.1) is 24.8 Å². The molecule has 0 aliphatic rings. The number of rotatable bonds is 13. The van der Waals surface area contributed by atoms with E-state index in [0.717, 1.165) is 25.5 Å². The Morgan fingerprint density at radius 3 is 2.09 bits per heavy atom. The molecule has 0 aliphatic heterocycles. The van der Waals surface area contributed by atoms with Gasteiger partial charge in [-0.2, -0.15) is 0 Å². The van der Waals surface area contributed by atoms with Crippen molar-refractivity contribution in [2.24, 2.45) is 0 Å². The molecule has 0 saturated heterocycles. The molecule has 0 heterocycles. The lowest BCUT2D eigenvalue weighted by molar-refractivity contribution is -0.139. The zero-order chi connectivity index (χ0) is 32.6. The van der Waals surface area contributed by atoms with Crippen LogP contribution in [0.25, 0.3) is 0 Å². The molecule has 4 aromatic carbocycles. The van der Waals surface area contributed by atoms with Crippen LogP contribution in [0.4, 0.5) is 5.69 Å². The van der Waals surface area contributed by atoms with E-state index < -0.39 is 28.5 Å². The van der Waals surface area contributed by atoms with Crippen LogP contribution >= 0.6 is 15.9 Å². The van der Waals surface area contributed by atoms with Crippen LogP contribution in [0, 0.1) is 6.92 Å². The molecule has 45 heavy (non-hydrogen) atoms. The Kier molecular flexibility index (Phi) is 11.2. The highest BCUT2D eigenvalue weighted by Crippen LogP contribution is 2.34. The summed E-state index contributed by atoms with van der Waals surface area (Å²) >= 11 is 3.44. The minimum Gasteiger partial charge on any atom is -0.493 e. The van der Waals surface area contributed by atoms with Gasteiger partial charge in [0.25, 0.3) is 10.0 Å². The van der Waals surface area contributed by atoms with Crippen LogP contribution in [-0.2, 0) is 32.6 Å². The fourth-order valence-electron chi connectivity index (χ4n) is 4.85. The van der Waals surface area contributed by atoms with Crippen LogP contribution in [0.2, 0.25) is 0 Å². The van der Waals surface area contributed by atoms with Crippen LogP contribution in [-0.4, -0.2) is 59.0 Å². The minimum absolute atomic E-state index is 0.0160. The number of aryl methyl sites for hydroxylation is 1. The zero-order valence-electron chi connectivity index (χ0n) is 25.6. The van der Waals surface area contributed by atoms with Crippen LogP contribution < -0.4 is 19.1 Å². The molecule has 4 aromatic rings. The summed E-state index contributed by atoms with van der Waals surface area (Å²) in [7, 11) is 0.191. The number of carbonyl (C=O) groups is 2. The summed E-state index contributed by atoms with van der Waals surface area (Å²) in [5.74, 6) is -0.235. The number of carbonyl (C=O) groups excluding carboxylic acids is 2. The van der Waals surface area contributed by atoms with E-state index in [-0.39, 0.29) is 29.5 Å². The van der Waals surface area contributed by atoms with E-state index in [2.05, 4.69) is 21.2 Å². The van der Waals surface area contributed by atoms with Gasteiger partial charge in [0.2, 0.25) is 11.8 Å². The average Bonchev–Trinajstić information content (AvgIpc) is 3.05. The molecule has 0 aliphatic carbocycles. The Hall–Kier alpha value is -4.35. The van der Waals surface area contributed by atoms with Gasteiger partial charge in [0.15, 0.2) is 11.5 Å². The summed E-state index contributed by atoms with van der Waals surface area (Å²) < 4.78 is 41.1. The molecule has 0 spiro atoms. The molecular weight excluding hydrogens is 658 g/mol. The van der Waals surface area contributed by atoms with E-state index in [4.69, 9.17) is 9.47 Å². The van der Waals surface area contributed by atoms with Crippen molar-refractivity contribution in [1.29, 1.82) is 0 Å². The maximum atomic E-state index is 14.4. The first-order chi connectivity index (χ1) is 21.6. The first-order valence-corrected chi connectivity index (χ1v) is 16.4. The molecule has 9 nitrogen and oxygen atoms in total. The Bertz CT molecular complexity index is 1720. The Labute approximate surface area is 273 Å². The molecule has 0 radical (unpaired) electrons. The summed E-state index contributed by atoms with van der Waals surface area (Å²) in [6.45, 7) is 1.35. The monoisotopic (exact) mass is 693 g/mol. The number of benzene rings is 4. The van der Waals surface area contributed by atoms with Crippen molar-refractivity contribution in [1.82, 2.24) is 10.2 Å². The predicted octanol–water partition coefficient (Wildman–Crippen LogP) is 5.36. The highest BCUT2D eigenvalue weighted by molar-refractivity contribution is 9.10. The molecular formula is C34H36BrN3O6S. The maximum Gasteiger partial charge on any atom is 0.264 e. The topological polar surface area (TPSA) is 105 Å². The fourth-order valence-corrected chi connectivity index (χ4v) is 6.52. The van der Waals surface area contributed by atoms with Crippen LogP contribution in [0.15, 0.2) is 106 Å². The lowest BCUT2D eigenvalue weighted by Crippen LogP contribution is -2.53. The molecule has 1 atom stereocenters. The molecule has 0 fully saturated rings. The van der Waals surface area contributed by atoms with Crippen molar-refractivity contribution in [3.05, 3.63) is 118 Å². The summed E-state index contributed by atoms with van der Waals surface area (Å²) in [6, 6.07) is 26.9. The molecule has 0 saturated carbocycles. The largest absolute Gasteiger partial charge is 0.493 e. The number of halogens is 1. The van der Waals surface area contributed by atoms with Crippen molar-refractivity contribution >= 4 is 43.5 Å². The number of hydrogen-bond donors (Lipinski definition) is 1. The van der Waals surface area contributed by atoms with Gasteiger partial charge >= 0.3 is 0 Å². The molecule has 1 N–H and O–H groups in total. The third-order valence-electron chi connectivity index (χ3n) is 7.33. The average molecular weight is 695 g/mol. The van der Waals surface area contributed by atoms with Crippen LogP contribution in [0.3, 0.4) is 0 Å². The van der Waals surface area contributed by atoms with Gasteiger partial charge in [-0.25, -0.2) is 8.42 Å². The van der Waals surface area contributed by atoms with Crippen molar-refractivity contribution in [3.63, 3.8) is 0 Å². The number of anilines is 1. The van der Waals surface area contributed by atoms with Gasteiger partial charge in [-0.15, -0.1) is 0 Å². The summed E-state index contributed by atoms with van der Waals surface area (Å²) in [4.78, 5) is 29.3. The first kappa shape index (κ1) is 33.5. The number of likely N-dealkylation sites (N-methyl/N-ethyl adjacent to an activating group) is 1. The van der Waals surface area contributed by atoms with E-state index in [9.17, 15) is 18.0 Å². The third kappa shape index (κ3) is 8.23. The van der Waals surface area contributed by atoms with Crippen molar-refractivity contribution in [2.75, 3.05) is 32.1 Å². The van der Waals surface area contributed by atoms with E-state index in [1.54, 1.807) is 24.3 Å². The maximum absolute atomic E-state index is 14.4. The first-order valence-electron chi connectivity index (χ1n) is 14.2. The quantitative estimate of drug-likeness (QED) is 0.202. The number of sulfonamides is 1. The lowest BCUT2D eigenvalue weighted by atomic mass is 10.0. The zero-order valence-corrected chi connectivity index (χ0v) is 28.0. The summed E-state index contributed by atoms with van der Waals surface area (Å²) in [5, 5.41) is 2.69. The van der Waals surface area contributed by atoms with E-state index in [1.165, 1.54) is 44.4 Å². The van der Waals surface area contributed by atoms with E-state index in [0.29, 0.717) is 11.5 Å². The molecule has 2 amide bonds. The number of ether oxygens (including phenoxy) is 2. The minimum atomic E-state index is -4.25. The summed E-state index contributed by atoms with van der Waals surface area (Å²) in [6.07, 6.45) is 0.226. The molecule has 11 heteroatoms. The Morgan fingerprint density at radius 2 is 1.49 bits per heavy atom. The molecule has 0 bridgehead atoms. The smallest absolute Gasteiger partial charge is 0.264 e. The predicted molar refractivity (Wildman–Crippen MR) is 178 cm³/mol. The fraction of sp³-hybridized carbons (Fsp3) is 0.235. The third-order valence-corrected chi connectivity index (χ3v) is 9.64. The Morgan fingerprint density at radius 1 is 0.844 bits per heavy atom. The Balaban J connectivity index is 1.82. The molecule has 236 valence electrons. The number of nitrogens with zero attached hydrogens (tertiary/aromatic N) is 2. The van der Waals surface area contributed by atoms with Gasteiger partial charge < -0.3 is 19.7 Å². The molecule has 4 rings (SSSR count). The van der Waals surface area contributed by atoms with E-state index >= 15 is 0 Å². The number of hydrogen-bond acceptors (Lipinski definition) is 6. The summed E-state index contributed by atoms with van der Waals surface area (Å²) in [5.41, 5.74) is 2.71. The number of methoxy groups -OCH3 is 2. The van der Waals surface area contributed by atoms with Gasteiger partial charge in [-0.05, 0) is 54.4 Å². The number of amides is 2. The van der Waals surface area contributed by atoms with Crippen LogP contribution in [0.5, 0.6) is 11.5 Å².